The molecule has 5 heteroatoms. The second-order valence-corrected chi connectivity index (χ2v) is 5.34. The molecule has 0 spiro atoms. The van der Waals surface area contributed by atoms with Crippen LogP contribution in [0.25, 0.3) is 11.1 Å². The second-order valence-electron chi connectivity index (χ2n) is 3.37. The number of benzene rings is 2. The fourth-order valence-corrected chi connectivity index (χ4v) is 2.64. The first-order valence-corrected chi connectivity index (χ1v) is 7.08. The molecule has 2 unspecified atom stereocenters. The molecule has 88 valence electrons. The largest absolute Gasteiger partial charge is 0.352 e. The second kappa shape index (κ2) is 6.20. The first-order valence-electron chi connectivity index (χ1n) is 5.02. The van der Waals surface area contributed by atoms with Crippen LogP contribution < -0.4 is 5.30 Å². The first-order chi connectivity index (χ1) is 8.31. The molecule has 2 aromatic carbocycles. The van der Waals surface area contributed by atoms with E-state index in [4.69, 9.17) is 9.20 Å². The summed E-state index contributed by atoms with van der Waals surface area (Å²) in [7, 11) is -2.38. The minimum absolute atomic E-state index is 0.687. The lowest BCUT2D eigenvalue weighted by Crippen LogP contribution is -1.99. The van der Waals surface area contributed by atoms with Crippen molar-refractivity contribution in [3.05, 3.63) is 54.6 Å². The SMILES string of the molecule is OPOP(O)c1ccc(-c2ccccc2)cc1. The Morgan fingerprint density at radius 3 is 2.06 bits per heavy atom. The van der Waals surface area contributed by atoms with E-state index < -0.39 is 17.4 Å². The third-order valence-corrected chi connectivity index (χ3v) is 4.08. The molecular formula is C12H12O3P2. The summed E-state index contributed by atoms with van der Waals surface area (Å²) in [6, 6.07) is 17.5. The summed E-state index contributed by atoms with van der Waals surface area (Å²) in [6.07, 6.45) is 0. The summed E-state index contributed by atoms with van der Waals surface area (Å²) in [6.45, 7) is 0. The molecule has 0 fully saturated rings. The lowest BCUT2D eigenvalue weighted by molar-refractivity contribution is 0.485. The maximum absolute atomic E-state index is 9.57. The van der Waals surface area contributed by atoms with E-state index in [-0.39, 0.29) is 0 Å². The van der Waals surface area contributed by atoms with Crippen molar-refractivity contribution < 1.29 is 14.1 Å². The molecule has 0 amide bonds. The standard InChI is InChI=1S/C12H12O3P2/c13-16-15-17(14)12-8-6-11(7-9-12)10-4-2-1-3-5-10/h1-9,13-14,16H. The van der Waals surface area contributed by atoms with Gasteiger partial charge in [-0.25, -0.2) is 0 Å². The van der Waals surface area contributed by atoms with Crippen LogP contribution in [0, 0.1) is 0 Å². The molecule has 17 heavy (non-hydrogen) atoms. The maximum Gasteiger partial charge on any atom is 0.207 e. The van der Waals surface area contributed by atoms with E-state index in [1.807, 2.05) is 54.6 Å². The normalized spacial score (nSPS) is 13.1. The van der Waals surface area contributed by atoms with Gasteiger partial charge in [0.1, 0.15) is 0 Å². The van der Waals surface area contributed by atoms with Gasteiger partial charge in [0.2, 0.25) is 8.38 Å². The zero-order valence-corrected chi connectivity index (χ0v) is 10.8. The summed E-state index contributed by atoms with van der Waals surface area (Å²) in [5.41, 5.74) is 2.22. The molecule has 0 aliphatic carbocycles. The van der Waals surface area contributed by atoms with Gasteiger partial charge in [-0.2, -0.15) is 0 Å². The minimum Gasteiger partial charge on any atom is -0.352 e. The highest BCUT2D eigenvalue weighted by molar-refractivity contribution is 7.60. The Morgan fingerprint density at radius 1 is 0.882 bits per heavy atom. The van der Waals surface area contributed by atoms with Crippen LogP contribution in [0.15, 0.2) is 54.6 Å². The Morgan fingerprint density at radius 2 is 1.47 bits per heavy atom. The fraction of sp³-hybridized carbons (Fsp3) is 0. The van der Waals surface area contributed by atoms with E-state index in [0.29, 0.717) is 5.30 Å². The van der Waals surface area contributed by atoms with Crippen molar-refractivity contribution in [3.8, 4) is 11.1 Å². The van der Waals surface area contributed by atoms with Gasteiger partial charge in [0, 0.05) is 5.30 Å². The third-order valence-electron chi connectivity index (χ3n) is 2.32. The molecule has 3 nitrogen and oxygen atoms in total. The van der Waals surface area contributed by atoms with Gasteiger partial charge in [-0.15, -0.1) is 0 Å². The lowest BCUT2D eigenvalue weighted by Gasteiger charge is -2.09. The molecule has 2 rings (SSSR count). The van der Waals surface area contributed by atoms with Gasteiger partial charge in [0.05, 0.1) is 0 Å². The van der Waals surface area contributed by atoms with Crippen molar-refractivity contribution in [2.45, 2.75) is 0 Å². The Bertz CT molecular complexity index is 459. The van der Waals surface area contributed by atoms with Crippen LogP contribution >= 0.6 is 17.4 Å². The predicted octanol–water partition coefficient (Wildman–Crippen LogP) is 2.80. The smallest absolute Gasteiger partial charge is 0.207 e. The summed E-state index contributed by atoms with van der Waals surface area (Å²) in [4.78, 5) is 18.2. The monoisotopic (exact) mass is 266 g/mol. The van der Waals surface area contributed by atoms with Gasteiger partial charge in [-0.1, -0.05) is 42.5 Å². The van der Waals surface area contributed by atoms with Gasteiger partial charge in [0.15, 0.2) is 9.03 Å². The molecule has 2 aromatic rings. The van der Waals surface area contributed by atoms with Gasteiger partial charge < -0.3 is 9.79 Å². The Kier molecular flexibility index (Phi) is 4.61. The molecule has 0 aliphatic rings. The molecule has 0 aromatic heterocycles. The molecule has 0 heterocycles. The highest BCUT2D eigenvalue weighted by atomic mass is 31.2. The van der Waals surface area contributed by atoms with Crippen molar-refractivity contribution >= 4 is 22.7 Å². The van der Waals surface area contributed by atoms with Crippen LogP contribution in [-0.2, 0) is 4.31 Å². The van der Waals surface area contributed by atoms with Crippen LogP contribution in [0.4, 0.5) is 0 Å². The minimum atomic E-state index is -1.69. The molecule has 0 radical (unpaired) electrons. The molecule has 2 atom stereocenters. The average Bonchev–Trinajstić information content (AvgIpc) is 2.40. The Balaban J connectivity index is 2.19. The molecule has 0 aliphatic heterocycles. The van der Waals surface area contributed by atoms with E-state index in [2.05, 4.69) is 0 Å². The van der Waals surface area contributed by atoms with E-state index >= 15 is 0 Å². The molecule has 0 bridgehead atoms. The third kappa shape index (κ3) is 3.32. The first kappa shape index (κ1) is 12.6. The zero-order valence-electron chi connectivity index (χ0n) is 8.95. The number of hydrogen-bond acceptors (Lipinski definition) is 3. The van der Waals surface area contributed by atoms with E-state index in [1.165, 1.54) is 0 Å². The van der Waals surface area contributed by atoms with Gasteiger partial charge in [0.25, 0.3) is 0 Å². The zero-order chi connectivity index (χ0) is 12.1. The van der Waals surface area contributed by atoms with Gasteiger partial charge in [-0.3, -0.25) is 4.31 Å². The predicted molar refractivity (Wildman–Crippen MR) is 72.3 cm³/mol. The van der Waals surface area contributed by atoms with Crippen LogP contribution in [0.3, 0.4) is 0 Å². The van der Waals surface area contributed by atoms with Crippen LogP contribution in [0.2, 0.25) is 0 Å². The number of hydrogen-bond donors (Lipinski definition) is 2. The molecular weight excluding hydrogens is 254 g/mol. The van der Waals surface area contributed by atoms with Gasteiger partial charge in [-0.05, 0) is 23.3 Å². The summed E-state index contributed by atoms with van der Waals surface area (Å²) in [5, 5.41) is 0.696. The number of rotatable bonds is 4. The summed E-state index contributed by atoms with van der Waals surface area (Å²) in [5.74, 6) is 0. The van der Waals surface area contributed by atoms with Crippen molar-refractivity contribution in [1.82, 2.24) is 0 Å². The summed E-state index contributed by atoms with van der Waals surface area (Å²) >= 11 is 0. The van der Waals surface area contributed by atoms with Crippen molar-refractivity contribution in [1.29, 1.82) is 0 Å². The van der Waals surface area contributed by atoms with Crippen molar-refractivity contribution in [2.75, 3.05) is 0 Å². The highest BCUT2D eigenvalue weighted by Crippen LogP contribution is 2.37. The quantitative estimate of drug-likeness (QED) is 0.836. The van der Waals surface area contributed by atoms with Crippen molar-refractivity contribution in [3.63, 3.8) is 0 Å². The Hall–Kier alpha value is -0.820. The molecule has 0 saturated carbocycles. The molecule has 2 N–H and O–H groups in total. The van der Waals surface area contributed by atoms with E-state index in [1.54, 1.807) is 0 Å². The van der Waals surface area contributed by atoms with Crippen LogP contribution in [0.1, 0.15) is 0 Å². The van der Waals surface area contributed by atoms with Crippen LogP contribution in [-0.4, -0.2) is 9.79 Å². The Labute approximate surface area is 103 Å². The fourth-order valence-electron chi connectivity index (χ4n) is 1.50. The van der Waals surface area contributed by atoms with E-state index in [9.17, 15) is 4.89 Å². The maximum atomic E-state index is 9.57. The topological polar surface area (TPSA) is 49.7 Å². The highest BCUT2D eigenvalue weighted by Gasteiger charge is 2.08. The van der Waals surface area contributed by atoms with Gasteiger partial charge >= 0.3 is 0 Å². The lowest BCUT2D eigenvalue weighted by atomic mass is 10.1. The molecule has 0 saturated heterocycles. The average molecular weight is 266 g/mol. The van der Waals surface area contributed by atoms with Crippen molar-refractivity contribution in [2.24, 2.45) is 0 Å². The summed E-state index contributed by atoms with van der Waals surface area (Å²) < 4.78 is 4.78. The van der Waals surface area contributed by atoms with E-state index in [0.717, 1.165) is 11.1 Å². The van der Waals surface area contributed by atoms with Crippen LogP contribution in [0.5, 0.6) is 0 Å².